The molecule has 1 aliphatic heterocycles. The van der Waals surface area contributed by atoms with Crippen LogP contribution in [0.1, 0.15) is 26.3 Å². The maximum Gasteiger partial charge on any atom is 0.407 e. The molecule has 1 aliphatic rings. The van der Waals surface area contributed by atoms with E-state index in [0.29, 0.717) is 6.42 Å². The number of benzene rings is 1. The Labute approximate surface area is 165 Å². The molecule has 28 heavy (non-hydrogen) atoms. The summed E-state index contributed by atoms with van der Waals surface area (Å²) >= 11 is 0. The summed E-state index contributed by atoms with van der Waals surface area (Å²) in [5, 5.41) is 6.08. The van der Waals surface area contributed by atoms with Gasteiger partial charge in [-0.2, -0.15) is 0 Å². The van der Waals surface area contributed by atoms with E-state index in [0.717, 1.165) is 5.56 Å². The van der Waals surface area contributed by atoms with Crippen LogP contribution in [0.15, 0.2) is 30.3 Å². The van der Waals surface area contributed by atoms with E-state index in [1.54, 1.807) is 20.8 Å². The van der Waals surface area contributed by atoms with Gasteiger partial charge in [-0.1, -0.05) is 30.3 Å². The predicted octanol–water partition coefficient (Wildman–Crippen LogP) is 1.10. The molecule has 0 aliphatic carbocycles. The molecule has 8 nitrogen and oxygen atoms in total. The molecule has 1 saturated heterocycles. The minimum Gasteiger partial charge on any atom is -0.468 e. The van der Waals surface area contributed by atoms with E-state index < -0.39 is 17.7 Å². The summed E-state index contributed by atoms with van der Waals surface area (Å²) in [4.78, 5) is 37.5. The van der Waals surface area contributed by atoms with E-state index in [2.05, 4.69) is 15.4 Å². The topological polar surface area (TPSA) is 97.0 Å². The number of ether oxygens (including phenoxy) is 2. The average Bonchev–Trinajstić information content (AvgIpc) is 2.62. The second-order valence-electron chi connectivity index (χ2n) is 7.78. The van der Waals surface area contributed by atoms with Crippen molar-refractivity contribution in [3.63, 3.8) is 0 Å². The Kier molecular flexibility index (Phi) is 7.39. The third-order valence-electron chi connectivity index (χ3n) is 4.32. The van der Waals surface area contributed by atoms with Crippen molar-refractivity contribution >= 4 is 18.0 Å². The fraction of sp³-hybridized carbons (Fsp3) is 0.550. The molecule has 2 rings (SSSR count). The lowest BCUT2D eigenvalue weighted by Gasteiger charge is -2.37. The summed E-state index contributed by atoms with van der Waals surface area (Å²) in [6.07, 6.45) is 0.0320. The maximum absolute atomic E-state index is 12.4. The van der Waals surface area contributed by atoms with Gasteiger partial charge in [-0.3, -0.25) is 9.59 Å². The zero-order valence-electron chi connectivity index (χ0n) is 16.9. The first-order chi connectivity index (χ1) is 13.2. The molecule has 0 bridgehead atoms. The van der Waals surface area contributed by atoms with Gasteiger partial charge in [-0.15, -0.1) is 0 Å². The molecule has 0 spiro atoms. The third kappa shape index (κ3) is 6.84. The first-order valence-corrected chi connectivity index (χ1v) is 9.29. The van der Waals surface area contributed by atoms with Crippen LogP contribution in [0.3, 0.4) is 0 Å². The van der Waals surface area contributed by atoms with Crippen LogP contribution in [-0.2, 0) is 25.5 Å². The van der Waals surface area contributed by atoms with Crippen LogP contribution in [0.2, 0.25) is 0 Å². The number of hydrogen-bond acceptors (Lipinski definition) is 6. The molecule has 1 aromatic rings. The van der Waals surface area contributed by atoms with E-state index in [4.69, 9.17) is 4.74 Å². The molecular weight excluding hydrogens is 362 g/mol. The Hall–Kier alpha value is -2.61. The van der Waals surface area contributed by atoms with E-state index >= 15 is 0 Å². The fourth-order valence-corrected chi connectivity index (χ4v) is 3.00. The molecular formula is C20H29N3O5. The van der Waals surface area contributed by atoms with Gasteiger partial charge in [-0.25, -0.2) is 4.79 Å². The molecule has 2 atom stereocenters. The van der Waals surface area contributed by atoms with Crippen molar-refractivity contribution in [2.45, 2.75) is 44.9 Å². The standard InChI is InChI=1S/C20H29N3O5/c1-20(2,3)28-19(26)22-15(10-14-8-6-5-7-9-14)16-12-23(13-18(25)27-4)17(24)11-21-16/h5-9,15-16,21H,10-13H2,1-4H3,(H,22,26)/t15-,16?/m0/s1. The minimum atomic E-state index is -0.617. The highest BCUT2D eigenvalue weighted by molar-refractivity contribution is 5.84. The zero-order valence-corrected chi connectivity index (χ0v) is 16.9. The summed E-state index contributed by atoms with van der Waals surface area (Å²) < 4.78 is 10.1. The summed E-state index contributed by atoms with van der Waals surface area (Å²) in [6, 6.07) is 9.17. The highest BCUT2D eigenvalue weighted by atomic mass is 16.6. The van der Waals surface area contributed by atoms with Gasteiger partial charge in [0.05, 0.1) is 19.7 Å². The van der Waals surface area contributed by atoms with Gasteiger partial charge < -0.3 is 25.0 Å². The van der Waals surface area contributed by atoms with Crippen molar-refractivity contribution in [3.05, 3.63) is 35.9 Å². The molecule has 2 amide bonds. The number of nitrogens with one attached hydrogen (secondary N) is 2. The second-order valence-corrected chi connectivity index (χ2v) is 7.78. The average molecular weight is 391 g/mol. The Balaban J connectivity index is 2.13. The lowest BCUT2D eigenvalue weighted by molar-refractivity contribution is -0.148. The molecule has 1 fully saturated rings. The number of amides is 2. The molecule has 8 heteroatoms. The van der Waals surface area contributed by atoms with Crippen LogP contribution in [0.4, 0.5) is 4.79 Å². The van der Waals surface area contributed by atoms with E-state index in [1.165, 1.54) is 12.0 Å². The van der Waals surface area contributed by atoms with Gasteiger partial charge in [0.1, 0.15) is 12.1 Å². The summed E-state index contributed by atoms with van der Waals surface area (Å²) in [6.45, 7) is 5.65. The number of hydrogen-bond donors (Lipinski definition) is 2. The normalized spacial score (nSPS) is 18.4. The highest BCUT2D eigenvalue weighted by Crippen LogP contribution is 2.13. The van der Waals surface area contributed by atoms with Gasteiger partial charge >= 0.3 is 12.1 Å². The van der Waals surface area contributed by atoms with Crippen LogP contribution in [0, 0.1) is 0 Å². The summed E-state index contributed by atoms with van der Waals surface area (Å²) in [5.41, 5.74) is 0.427. The van der Waals surface area contributed by atoms with Gasteiger partial charge in [-0.05, 0) is 32.8 Å². The maximum atomic E-state index is 12.4. The molecule has 154 valence electrons. The number of esters is 1. The van der Waals surface area contributed by atoms with Crippen LogP contribution in [0.25, 0.3) is 0 Å². The van der Waals surface area contributed by atoms with Crippen molar-refractivity contribution < 1.29 is 23.9 Å². The van der Waals surface area contributed by atoms with Crippen LogP contribution < -0.4 is 10.6 Å². The van der Waals surface area contributed by atoms with E-state index in [1.807, 2.05) is 30.3 Å². The first-order valence-electron chi connectivity index (χ1n) is 9.29. The third-order valence-corrected chi connectivity index (χ3v) is 4.32. The summed E-state index contributed by atoms with van der Waals surface area (Å²) in [7, 11) is 1.29. The minimum absolute atomic E-state index is 0.0863. The molecule has 1 unspecified atom stereocenters. The van der Waals surface area contributed by atoms with Crippen molar-refractivity contribution in [2.75, 3.05) is 26.7 Å². The monoisotopic (exact) mass is 391 g/mol. The van der Waals surface area contributed by atoms with Crippen molar-refractivity contribution in [2.24, 2.45) is 0 Å². The van der Waals surface area contributed by atoms with Crippen LogP contribution >= 0.6 is 0 Å². The first kappa shape index (κ1) is 21.7. The molecule has 0 aromatic heterocycles. The molecule has 1 heterocycles. The Morgan fingerprint density at radius 2 is 1.96 bits per heavy atom. The molecule has 0 radical (unpaired) electrons. The smallest absolute Gasteiger partial charge is 0.407 e. The Bertz CT molecular complexity index is 687. The van der Waals surface area contributed by atoms with Gasteiger partial charge in [0.15, 0.2) is 0 Å². The fourth-order valence-electron chi connectivity index (χ4n) is 3.00. The predicted molar refractivity (Wildman–Crippen MR) is 104 cm³/mol. The quantitative estimate of drug-likeness (QED) is 0.705. The lowest BCUT2D eigenvalue weighted by Crippen LogP contribution is -2.63. The van der Waals surface area contributed by atoms with Gasteiger partial charge in [0.25, 0.3) is 0 Å². The summed E-state index contributed by atoms with van der Waals surface area (Å²) in [5.74, 6) is -0.661. The number of rotatable bonds is 6. The van der Waals surface area contributed by atoms with Crippen molar-refractivity contribution in [1.29, 1.82) is 0 Å². The zero-order chi connectivity index (χ0) is 20.7. The van der Waals surface area contributed by atoms with Crippen LogP contribution in [0.5, 0.6) is 0 Å². The number of piperazine rings is 1. The number of methoxy groups -OCH3 is 1. The number of carbonyl (C=O) groups is 3. The second kappa shape index (κ2) is 9.54. The molecule has 2 N–H and O–H groups in total. The molecule has 0 saturated carbocycles. The van der Waals surface area contributed by atoms with Crippen LogP contribution in [-0.4, -0.2) is 67.3 Å². The number of nitrogens with zero attached hydrogens (tertiary/aromatic N) is 1. The van der Waals surface area contributed by atoms with E-state index in [-0.39, 0.29) is 37.6 Å². The van der Waals surface area contributed by atoms with Crippen molar-refractivity contribution in [3.8, 4) is 0 Å². The SMILES string of the molecule is COC(=O)CN1CC([C@H](Cc2ccccc2)NC(=O)OC(C)(C)C)NCC1=O. The lowest BCUT2D eigenvalue weighted by atomic mass is 9.97. The highest BCUT2D eigenvalue weighted by Gasteiger charge is 2.33. The van der Waals surface area contributed by atoms with Gasteiger partial charge in [0.2, 0.25) is 5.91 Å². The largest absolute Gasteiger partial charge is 0.468 e. The van der Waals surface area contributed by atoms with Gasteiger partial charge in [0, 0.05) is 12.6 Å². The number of alkyl carbamates (subject to hydrolysis) is 1. The van der Waals surface area contributed by atoms with Crippen molar-refractivity contribution in [1.82, 2.24) is 15.5 Å². The Morgan fingerprint density at radius 1 is 1.29 bits per heavy atom. The molecule has 1 aromatic carbocycles. The number of carbonyl (C=O) groups excluding carboxylic acids is 3. The Morgan fingerprint density at radius 3 is 2.57 bits per heavy atom. The van der Waals surface area contributed by atoms with E-state index in [9.17, 15) is 14.4 Å².